The number of imidazole rings is 1. The molecule has 0 aliphatic heterocycles. The van der Waals surface area contributed by atoms with Gasteiger partial charge in [-0.3, -0.25) is 0 Å². The minimum absolute atomic E-state index is 0.0478. The monoisotopic (exact) mass is 401 g/mol. The summed E-state index contributed by atoms with van der Waals surface area (Å²) in [4.78, 5) is 12.6. The Bertz CT molecular complexity index is 929. The molecule has 0 saturated carbocycles. The zero-order valence-electron chi connectivity index (χ0n) is 16.9. The van der Waals surface area contributed by atoms with Crippen molar-refractivity contribution in [3.63, 3.8) is 0 Å². The molecule has 0 aromatic carbocycles. The lowest BCUT2D eigenvalue weighted by Gasteiger charge is -2.14. The molecule has 0 amide bonds. The quantitative estimate of drug-likeness (QED) is 0.430. The van der Waals surface area contributed by atoms with Gasteiger partial charge in [0.15, 0.2) is 11.5 Å². The second kappa shape index (κ2) is 9.48. The Balaban J connectivity index is 1.83. The van der Waals surface area contributed by atoms with Gasteiger partial charge in [-0.25, -0.2) is 14.5 Å². The van der Waals surface area contributed by atoms with Gasteiger partial charge in [-0.2, -0.15) is 4.98 Å². The zero-order valence-corrected chi connectivity index (χ0v) is 16.9. The number of hydrogen-bond acceptors (Lipinski definition) is 9. The average Bonchev–Trinajstić information content (AvgIpc) is 3.13. The molecule has 0 radical (unpaired) electrons. The molecule has 3 aromatic rings. The van der Waals surface area contributed by atoms with Gasteiger partial charge in [0.25, 0.3) is 0 Å². The summed E-state index contributed by atoms with van der Waals surface area (Å²) in [7, 11) is 1.85. The van der Waals surface area contributed by atoms with E-state index in [0.29, 0.717) is 29.4 Å². The van der Waals surface area contributed by atoms with E-state index in [0.717, 1.165) is 19.4 Å². The first-order valence-corrected chi connectivity index (χ1v) is 9.62. The van der Waals surface area contributed by atoms with Gasteiger partial charge in [0, 0.05) is 24.4 Å². The molecule has 0 spiro atoms. The van der Waals surface area contributed by atoms with Crippen LogP contribution in [0.4, 0.5) is 5.82 Å². The van der Waals surface area contributed by atoms with E-state index in [1.807, 2.05) is 14.0 Å². The summed E-state index contributed by atoms with van der Waals surface area (Å²) in [5.74, 6) is 0.671. The normalized spacial score (nSPS) is 13.4. The van der Waals surface area contributed by atoms with Crippen LogP contribution >= 0.6 is 0 Å². The van der Waals surface area contributed by atoms with Crippen molar-refractivity contribution in [2.75, 3.05) is 25.9 Å². The number of hydrogen-bond donors (Lipinski definition) is 3. The predicted molar refractivity (Wildman–Crippen MR) is 108 cm³/mol. The number of nitrogens with two attached hydrogens (primary N) is 1. The predicted octanol–water partition coefficient (Wildman–Crippen LogP) is 1.35. The maximum absolute atomic E-state index is 10.8. The van der Waals surface area contributed by atoms with Gasteiger partial charge in [0.1, 0.15) is 12.7 Å². The molecule has 156 valence electrons. The number of anilines is 1. The summed E-state index contributed by atoms with van der Waals surface area (Å²) >= 11 is 0. The number of likely N-dealkylation sites (N-methyl/N-ethyl adjacent to an activating group) is 1. The summed E-state index contributed by atoms with van der Waals surface area (Å²) < 4.78 is 12.7. The first kappa shape index (κ1) is 20.7. The van der Waals surface area contributed by atoms with Gasteiger partial charge < -0.3 is 25.6 Å². The van der Waals surface area contributed by atoms with Crippen molar-refractivity contribution in [2.45, 2.75) is 38.9 Å². The fourth-order valence-corrected chi connectivity index (χ4v) is 2.85. The number of nitrogens with zero attached hydrogens (tertiary/aromatic N) is 5. The molecule has 2 atom stereocenters. The first-order valence-electron chi connectivity index (χ1n) is 9.62. The molecular formula is C19H27N7O3. The number of pyridine rings is 1. The highest BCUT2D eigenvalue weighted by Crippen LogP contribution is 2.25. The average molecular weight is 401 g/mol. The van der Waals surface area contributed by atoms with E-state index in [4.69, 9.17) is 15.2 Å². The van der Waals surface area contributed by atoms with Gasteiger partial charge >= 0.3 is 6.01 Å². The molecule has 10 nitrogen and oxygen atoms in total. The van der Waals surface area contributed by atoms with Crippen LogP contribution in [0.1, 0.15) is 44.1 Å². The molecule has 29 heavy (non-hydrogen) atoms. The van der Waals surface area contributed by atoms with E-state index < -0.39 is 6.10 Å². The smallest absolute Gasteiger partial charge is 0.336 e. The van der Waals surface area contributed by atoms with Crippen molar-refractivity contribution in [2.24, 2.45) is 0 Å². The van der Waals surface area contributed by atoms with Gasteiger partial charge in [0.2, 0.25) is 5.88 Å². The molecule has 10 heteroatoms. The summed E-state index contributed by atoms with van der Waals surface area (Å²) in [6, 6.07) is 3.60. The minimum atomic E-state index is -1.00. The maximum atomic E-state index is 10.8. The number of aromatic nitrogens is 5. The minimum Gasteiger partial charge on any atom is -0.476 e. The largest absolute Gasteiger partial charge is 0.476 e. The van der Waals surface area contributed by atoms with Crippen molar-refractivity contribution in [3.8, 4) is 11.9 Å². The summed E-state index contributed by atoms with van der Waals surface area (Å²) in [5.41, 5.74) is 7.38. The van der Waals surface area contributed by atoms with E-state index in [1.165, 1.54) is 10.7 Å². The number of aliphatic hydroxyl groups is 1. The number of nitrogen functional groups attached to an aromatic ring is 1. The molecule has 1 unspecified atom stereocenters. The standard InChI is InChI=1S/C19H27N7O3/c1-4-5-12(2)29-19-24-17(20)18-23-11-14(26(18)25-19)16(27)13-6-7-15(22-10-13)28-9-8-21-3/h6-7,10-12,16,21,27H,4-5,8-9H2,1-3H3,(H2,20,24,25)/t12-,16?/m0/s1. The van der Waals surface area contributed by atoms with Crippen LogP contribution in [0.25, 0.3) is 5.65 Å². The first-order chi connectivity index (χ1) is 14.0. The van der Waals surface area contributed by atoms with E-state index in [1.54, 1.807) is 18.3 Å². The van der Waals surface area contributed by atoms with Gasteiger partial charge in [-0.05, 0) is 26.5 Å². The second-order valence-electron chi connectivity index (χ2n) is 6.70. The van der Waals surface area contributed by atoms with Gasteiger partial charge in [0.05, 0.1) is 18.0 Å². The molecule has 0 saturated heterocycles. The fourth-order valence-electron chi connectivity index (χ4n) is 2.85. The van der Waals surface area contributed by atoms with Crippen molar-refractivity contribution in [1.82, 2.24) is 29.9 Å². The molecule has 3 heterocycles. The number of ether oxygens (including phenoxy) is 2. The van der Waals surface area contributed by atoms with Crippen LogP contribution in [0.15, 0.2) is 24.5 Å². The number of aliphatic hydroxyl groups excluding tert-OH is 1. The summed E-state index contributed by atoms with van der Waals surface area (Å²) in [6.07, 6.45) is 3.88. The van der Waals surface area contributed by atoms with Crippen molar-refractivity contribution < 1.29 is 14.6 Å². The molecule has 3 aromatic heterocycles. The van der Waals surface area contributed by atoms with Crippen molar-refractivity contribution in [1.29, 1.82) is 0 Å². The molecule has 4 N–H and O–H groups in total. The van der Waals surface area contributed by atoms with Crippen LogP contribution in [0.3, 0.4) is 0 Å². The SMILES string of the molecule is CCC[C@H](C)Oc1nc(N)c2ncc(C(O)c3ccc(OCCNC)nc3)n2n1. The molecule has 0 fully saturated rings. The number of fused-ring (bicyclic) bond motifs is 1. The molecule has 0 aliphatic rings. The Morgan fingerprint density at radius 3 is 2.79 bits per heavy atom. The molecule has 0 bridgehead atoms. The third-order valence-corrected chi connectivity index (χ3v) is 4.35. The maximum Gasteiger partial charge on any atom is 0.336 e. The number of nitrogens with one attached hydrogen (secondary N) is 1. The fraction of sp³-hybridized carbons (Fsp3) is 0.474. The molecule has 3 rings (SSSR count). The van der Waals surface area contributed by atoms with E-state index in [-0.39, 0.29) is 17.9 Å². The highest BCUT2D eigenvalue weighted by atomic mass is 16.5. The van der Waals surface area contributed by atoms with Crippen LogP contribution in [0.2, 0.25) is 0 Å². The summed E-state index contributed by atoms with van der Waals surface area (Å²) in [6.45, 7) is 5.25. The third-order valence-electron chi connectivity index (χ3n) is 4.35. The van der Waals surface area contributed by atoms with Crippen molar-refractivity contribution in [3.05, 3.63) is 35.8 Å². The van der Waals surface area contributed by atoms with Gasteiger partial charge in [-0.15, -0.1) is 5.10 Å². The molecule has 0 aliphatic carbocycles. The zero-order chi connectivity index (χ0) is 20.8. The lowest BCUT2D eigenvalue weighted by Crippen LogP contribution is -2.16. The van der Waals surface area contributed by atoms with Crippen LogP contribution < -0.4 is 20.5 Å². The third kappa shape index (κ3) is 4.90. The van der Waals surface area contributed by atoms with Crippen molar-refractivity contribution >= 4 is 11.5 Å². The number of rotatable bonds is 10. The Labute approximate surface area is 169 Å². The Morgan fingerprint density at radius 2 is 2.10 bits per heavy atom. The van der Waals surface area contributed by atoms with E-state index in [9.17, 15) is 5.11 Å². The van der Waals surface area contributed by atoms with Crippen LogP contribution in [0.5, 0.6) is 11.9 Å². The Morgan fingerprint density at radius 1 is 1.28 bits per heavy atom. The van der Waals surface area contributed by atoms with Crippen LogP contribution in [-0.4, -0.2) is 56.0 Å². The van der Waals surface area contributed by atoms with Gasteiger partial charge in [-0.1, -0.05) is 13.3 Å². The highest BCUT2D eigenvalue weighted by Gasteiger charge is 2.20. The summed E-state index contributed by atoms with van der Waals surface area (Å²) in [5, 5.41) is 18.2. The van der Waals surface area contributed by atoms with Crippen LogP contribution in [-0.2, 0) is 0 Å². The molecular weight excluding hydrogens is 374 g/mol. The van der Waals surface area contributed by atoms with Crippen LogP contribution in [0, 0.1) is 0 Å². The second-order valence-corrected chi connectivity index (χ2v) is 6.70. The van der Waals surface area contributed by atoms with E-state index >= 15 is 0 Å². The highest BCUT2D eigenvalue weighted by molar-refractivity contribution is 5.60. The topological polar surface area (TPSA) is 133 Å². The Hall–Kier alpha value is -2.98. The Kier molecular flexibility index (Phi) is 6.78. The lowest BCUT2D eigenvalue weighted by molar-refractivity contribution is 0.187. The van der Waals surface area contributed by atoms with E-state index in [2.05, 4.69) is 32.3 Å². The lowest BCUT2D eigenvalue weighted by atomic mass is 10.1.